The number of carbonyl (C=O) groups excluding carboxylic acids is 1. The number of carbonyl (C=O) groups is 1. The van der Waals surface area contributed by atoms with Gasteiger partial charge in [-0.3, -0.25) is 9.36 Å². The van der Waals surface area contributed by atoms with Crippen molar-refractivity contribution >= 4 is 46.6 Å². The Morgan fingerprint density at radius 1 is 1.00 bits per heavy atom. The van der Waals surface area contributed by atoms with Crippen molar-refractivity contribution in [1.29, 1.82) is 0 Å². The minimum atomic E-state index is -0.186. The van der Waals surface area contributed by atoms with Crippen LogP contribution in [0.15, 0.2) is 78.0 Å². The quantitative estimate of drug-likeness (QED) is 0.266. The zero-order chi connectivity index (χ0) is 23.9. The van der Waals surface area contributed by atoms with Gasteiger partial charge in [-0.1, -0.05) is 65.3 Å². The Labute approximate surface area is 212 Å². The molecule has 0 radical (unpaired) electrons. The van der Waals surface area contributed by atoms with Crippen LogP contribution < -0.4 is 10.1 Å². The van der Waals surface area contributed by atoms with Crippen LogP contribution >= 0.6 is 35.0 Å². The zero-order valence-electron chi connectivity index (χ0n) is 18.4. The summed E-state index contributed by atoms with van der Waals surface area (Å²) in [6.07, 6.45) is 0.608. The molecule has 1 heterocycles. The molecule has 0 bridgehead atoms. The van der Waals surface area contributed by atoms with Gasteiger partial charge in [0.25, 0.3) is 0 Å². The molecule has 0 aliphatic heterocycles. The summed E-state index contributed by atoms with van der Waals surface area (Å²) in [5, 5.41) is 13.1. The highest BCUT2D eigenvalue weighted by molar-refractivity contribution is 7.99. The highest BCUT2D eigenvalue weighted by atomic mass is 35.5. The Bertz CT molecular complexity index is 1260. The monoisotopic (exact) mass is 512 g/mol. The highest BCUT2D eigenvalue weighted by Gasteiger charge is 2.17. The Morgan fingerprint density at radius 3 is 2.47 bits per heavy atom. The minimum absolute atomic E-state index is 0.154. The second-order valence-electron chi connectivity index (χ2n) is 7.29. The van der Waals surface area contributed by atoms with E-state index in [2.05, 4.69) is 27.6 Å². The molecule has 0 atom stereocenters. The zero-order valence-corrected chi connectivity index (χ0v) is 20.7. The molecule has 4 rings (SSSR count). The predicted molar refractivity (Wildman–Crippen MR) is 138 cm³/mol. The van der Waals surface area contributed by atoms with Gasteiger partial charge in [-0.15, -0.1) is 10.2 Å². The average molecular weight is 513 g/mol. The summed E-state index contributed by atoms with van der Waals surface area (Å²) in [5.74, 6) is 1.54. The Balaban J connectivity index is 1.54. The number of hydrogen-bond donors (Lipinski definition) is 1. The second-order valence-corrected chi connectivity index (χ2v) is 9.05. The van der Waals surface area contributed by atoms with Crippen LogP contribution in [0.5, 0.6) is 5.75 Å². The third-order valence-electron chi connectivity index (χ3n) is 4.85. The van der Waals surface area contributed by atoms with Crippen molar-refractivity contribution in [3.05, 3.63) is 94.2 Å². The number of rotatable bonds is 9. The van der Waals surface area contributed by atoms with Gasteiger partial charge in [0.2, 0.25) is 5.91 Å². The number of aromatic nitrogens is 3. The topological polar surface area (TPSA) is 69.0 Å². The van der Waals surface area contributed by atoms with Gasteiger partial charge < -0.3 is 10.1 Å². The van der Waals surface area contributed by atoms with Gasteiger partial charge in [0.05, 0.1) is 22.4 Å². The minimum Gasteiger partial charge on any atom is -0.494 e. The summed E-state index contributed by atoms with van der Waals surface area (Å²) < 4.78 is 7.54. The number of hydrogen-bond acceptors (Lipinski definition) is 5. The molecular weight excluding hydrogens is 491 g/mol. The van der Waals surface area contributed by atoms with Crippen molar-refractivity contribution in [2.75, 3.05) is 17.7 Å². The van der Waals surface area contributed by atoms with E-state index in [1.165, 1.54) is 11.8 Å². The van der Waals surface area contributed by atoms with E-state index in [9.17, 15) is 4.79 Å². The first-order valence-corrected chi connectivity index (χ1v) is 12.4. The van der Waals surface area contributed by atoms with Gasteiger partial charge in [0.1, 0.15) is 11.6 Å². The molecule has 4 aromatic rings. The van der Waals surface area contributed by atoms with Crippen molar-refractivity contribution in [2.45, 2.75) is 18.5 Å². The summed E-state index contributed by atoms with van der Waals surface area (Å²) in [5.41, 5.74) is 2.60. The molecule has 1 N–H and O–H groups in total. The van der Waals surface area contributed by atoms with Crippen LogP contribution in [0.25, 0.3) is 5.69 Å². The van der Waals surface area contributed by atoms with Gasteiger partial charge in [-0.05, 0) is 55.0 Å². The SMILES string of the molecule is CCOc1ccc(-n2c(Cc3ccccc3)nnc2SCC(=O)Nc2ccc(Cl)c(Cl)c2)cc1. The van der Waals surface area contributed by atoms with Crippen LogP contribution in [-0.2, 0) is 11.2 Å². The molecule has 0 saturated heterocycles. The molecule has 0 spiro atoms. The summed E-state index contributed by atoms with van der Waals surface area (Å²) >= 11 is 13.3. The number of nitrogens with one attached hydrogen (secondary N) is 1. The van der Waals surface area contributed by atoms with E-state index in [0.29, 0.717) is 33.9 Å². The van der Waals surface area contributed by atoms with E-state index in [0.717, 1.165) is 22.8 Å². The number of nitrogens with zero attached hydrogens (tertiary/aromatic N) is 3. The number of thioether (sulfide) groups is 1. The van der Waals surface area contributed by atoms with Crippen LogP contribution in [0.2, 0.25) is 10.0 Å². The van der Waals surface area contributed by atoms with Crippen LogP contribution in [-0.4, -0.2) is 33.0 Å². The summed E-state index contributed by atoms with van der Waals surface area (Å²) in [6.45, 7) is 2.55. The first-order valence-electron chi connectivity index (χ1n) is 10.6. The molecule has 6 nitrogen and oxygen atoms in total. The van der Waals surface area contributed by atoms with E-state index in [1.54, 1.807) is 18.2 Å². The standard InChI is InChI=1S/C25H22Cl2N4O2S/c1-2-33-20-11-9-19(10-12-20)31-23(14-17-6-4-3-5-7-17)29-30-25(31)34-16-24(32)28-18-8-13-21(26)22(27)15-18/h3-13,15H,2,14,16H2,1H3,(H,28,32). The molecule has 0 saturated carbocycles. The van der Waals surface area contributed by atoms with Gasteiger partial charge in [-0.25, -0.2) is 0 Å². The molecule has 0 fully saturated rings. The first-order chi connectivity index (χ1) is 16.5. The van der Waals surface area contributed by atoms with Crippen LogP contribution in [0.1, 0.15) is 18.3 Å². The third kappa shape index (κ3) is 6.11. The van der Waals surface area contributed by atoms with E-state index in [1.807, 2.05) is 54.0 Å². The fourth-order valence-corrected chi connectivity index (χ4v) is 4.37. The number of benzene rings is 3. The number of ether oxygens (including phenoxy) is 1. The number of halogens is 2. The van der Waals surface area contributed by atoms with Gasteiger partial charge in [0, 0.05) is 17.8 Å². The van der Waals surface area contributed by atoms with Crippen molar-refractivity contribution in [3.8, 4) is 11.4 Å². The van der Waals surface area contributed by atoms with Crippen molar-refractivity contribution < 1.29 is 9.53 Å². The molecule has 3 aromatic carbocycles. The Kier molecular flexibility index (Phi) is 8.11. The van der Waals surface area contributed by atoms with Crippen molar-refractivity contribution in [1.82, 2.24) is 14.8 Å². The van der Waals surface area contributed by atoms with E-state index in [4.69, 9.17) is 27.9 Å². The summed E-state index contributed by atoms with van der Waals surface area (Å²) in [6, 6.07) is 22.8. The largest absolute Gasteiger partial charge is 0.494 e. The van der Waals surface area contributed by atoms with E-state index < -0.39 is 0 Å². The number of anilines is 1. The van der Waals surface area contributed by atoms with Gasteiger partial charge in [-0.2, -0.15) is 0 Å². The first kappa shape index (κ1) is 24.1. The maximum atomic E-state index is 12.6. The fourth-order valence-electron chi connectivity index (χ4n) is 3.31. The third-order valence-corrected chi connectivity index (χ3v) is 6.52. The number of amides is 1. The van der Waals surface area contributed by atoms with Crippen LogP contribution in [0, 0.1) is 0 Å². The summed E-state index contributed by atoms with van der Waals surface area (Å²) in [7, 11) is 0. The van der Waals surface area contributed by atoms with E-state index in [-0.39, 0.29) is 11.7 Å². The second kappa shape index (κ2) is 11.4. The summed E-state index contributed by atoms with van der Waals surface area (Å²) in [4.78, 5) is 12.6. The van der Waals surface area contributed by atoms with Crippen molar-refractivity contribution in [3.63, 3.8) is 0 Å². The molecule has 0 aliphatic carbocycles. The molecule has 0 aliphatic rings. The maximum Gasteiger partial charge on any atom is 0.234 e. The van der Waals surface area contributed by atoms with Gasteiger partial charge in [0.15, 0.2) is 5.16 Å². The van der Waals surface area contributed by atoms with Crippen molar-refractivity contribution in [2.24, 2.45) is 0 Å². The van der Waals surface area contributed by atoms with E-state index >= 15 is 0 Å². The fraction of sp³-hybridized carbons (Fsp3) is 0.160. The predicted octanol–water partition coefficient (Wildman–Crippen LogP) is 6.29. The lowest BCUT2D eigenvalue weighted by Gasteiger charge is -2.12. The molecule has 1 amide bonds. The Morgan fingerprint density at radius 2 is 1.76 bits per heavy atom. The molecule has 9 heteroatoms. The lowest BCUT2D eigenvalue weighted by atomic mass is 10.1. The smallest absolute Gasteiger partial charge is 0.234 e. The molecular formula is C25H22Cl2N4O2S. The molecule has 34 heavy (non-hydrogen) atoms. The van der Waals surface area contributed by atoms with Crippen LogP contribution in [0.3, 0.4) is 0 Å². The highest BCUT2D eigenvalue weighted by Crippen LogP contribution is 2.27. The Hall–Kier alpha value is -3.00. The lowest BCUT2D eigenvalue weighted by Crippen LogP contribution is -2.14. The lowest BCUT2D eigenvalue weighted by molar-refractivity contribution is -0.113. The molecule has 0 unspecified atom stereocenters. The maximum absolute atomic E-state index is 12.6. The average Bonchev–Trinajstić information content (AvgIpc) is 3.24. The van der Waals surface area contributed by atoms with Gasteiger partial charge >= 0.3 is 0 Å². The molecule has 1 aromatic heterocycles. The molecule has 174 valence electrons. The normalized spacial score (nSPS) is 10.8. The van der Waals surface area contributed by atoms with Crippen LogP contribution in [0.4, 0.5) is 5.69 Å².